The van der Waals surface area contributed by atoms with Gasteiger partial charge in [-0.2, -0.15) is 0 Å². The number of hydrogen-bond donors (Lipinski definition) is 1. The first-order valence-electron chi connectivity index (χ1n) is 11.6. The number of hydrogen-bond acceptors (Lipinski definition) is 6. The molecule has 1 N–H and O–H groups in total. The Morgan fingerprint density at radius 1 is 1.18 bits per heavy atom. The second kappa shape index (κ2) is 7.99. The van der Waals surface area contributed by atoms with Gasteiger partial charge < -0.3 is 14.6 Å². The van der Waals surface area contributed by atoms with Crippen molar-refractivity contribution < 1.29 is 29.0 Å². The SMILES string of the molecule is COC(=O)C#C[C@]1(O)CC[C@H]2[C@@H]3CC(=O)c4cc(OC(=O)C(C)(C)C)ccc4[C@H]3CC[C@@]21C. The summed E-state index contributed by atoms with van der Waals surface area (Å²) in [6.07, 6.45) is 3.20. The van der Waals surface area contributed by atoms with Crippen molar-refractivity contribution >= 4 is 17.7 Å². The second-order valence-electron chi connectivity index (χ2n) is 11.0. The number of ether oxygens (including phenoxy) is 2. The van der Waals surface area contributed by atoms with Crippen molar-refractivity contribution in [3.05, 3.63) is 29.3 Å². The van der Waals surface area contributed by atoms with E-state index in [1.54, 1.807) is 32.9 Å². The third-order valence-corrected chi connectivity index (χ3v) is 8.11. The van der Waals surface area contributed by atoms with E-state index in [9.17, 15) is 19.5 Å². The Kier molecular flexibility index (Phi) is 5.69. The third-order valence-electron chi connectivity index (χ3n) is 8.11. The Hall–Kier alpha value is -2.65. The lowest BCUT2D eigenvalue weighted by atomic mass is 9.53. The fourth-order valence-electron chi connectivity index (χ4n) is 6.13. The fraction of sp³-hybridized carbons (Fsp3) is 0.593. The molecule has 0 radical (unpaired) electrons. The molecule has 2 saturated carbocycles. The normalized spacial score (nSPS) is 32.5. The maximum absolute atomic E-state index is 13.2. The molecule has 3 aliphatic carbocycles. The molecule has 176 valence electrons. The van der Waals surface area contributed by atoms with Crippen LogP contribution in [0.25, 0.3) is 0 Å². The molecule has 0 saturated heterocycles. The van der Waals surface area contributed by atoms with Crippen LogP contribution in [0.15, 0.2) is 18.2 Å². The molecule has 0 aliphatic heterocycles. The summed E-state index contributed by atoms with van der Waals surface area (Å²) < 4.78 is 10.1. The van der Waals surface area contributed by atoms with E-state index in [0.717, 1.165) is 24.8 Å². The standard InChI is InChI=1S/C27H32O6/c1-25(2,3)24(30)33-16-6-7-17-18-8-11-26(4)21(19(18)15-22(28)20(17)14-16)9-12-27(26,31)13-10-23(29)32-5/h6-7,14,18-19,21,31H,8-9,11-12,15H2,1-5H3/t18-,19-,21+,26+,27-/m1/s1. The lowest BCUT2D eigenvalue weighted by Crippen LogP contribution is -2.50. The highest BCUT2D eigenvalue weighted by Crippen LogP contribution is 2.64. The molecule has 0 bridgehead atoms. The smallest absolute Gasteiger partial charge is 0.384 e. The number of Topliss-reactive ketones (excluding diaryl/α,β-unsaturated/α-hetero) is 1. The first kappa shape index (κ1) is 23.5. The largest absolute Gasteiger partial charge is 0.459 e. The van der Waals surface area contributed by atoms with Crippen LogP contribution in [0, 0.1) is 34.5 Å². The Labute approximate surface area is 195 Å². The Morgan fingerprint density at radius 3 is 2.58 bits per heavy atom. The van der Waals surface area contributed by atoms with E-state index in [0.29, 0.717) is 24.2 Å². The maximum atomic E-state index is 13.2. The molecule has 3 aliphatic rings. The molecule has 6 nitrogen and oxygen atoms in total. The van der Waals surface area contributed by atoms with Crippen LogP contribution in [-0.4, -0.2) is 35.5 Å². The number of carbonyl (C=O) groups is 3. The molecule has 6 heteroatoms. The number of aliphatic hydroxyl groups is 1. The van der Waals surface area contributed by atoms with Crippen LogP contribution in [0.2, 0.25) is 0 Å². The molecule has 4 rings (SSSR count). The van der Waals surface area contributed by atoms with Crippen molar-refractivity contribution in [2.75, 3.05) is 7.11 Å². The predicted octanol–water partition coefficient (Wildman–Crippen LogP) is 4.04. The molecular formula is C27H32O6. The minimum Gasteiger partial charge on any atom is -0.459 e. The van der Waals surface area contributed by atoms with Crippen molar-refractivity contribution in [3.8, 4) is 17.6 Å². The summed E-state index contributed by atoms with van der Waals surface area (Å²) >= 11 is 0. The lowest BCUT2D eigenvalue weighted by Gasteiger charge is -2.51. The average molecular weight is 453 g/mol. The zero-order valence-corrected chi connectivity index (χ0v) is 20.0. The van der Waals surface area contributed by atoms with Crippen molar-refractivity contribution in [3.63, 3.8) is 0 Å². The van der Waals surface area contributed by atoms with Crippen LogP contribution < -0.4 is 4.74 Å². The van der Waals surface area contributed by atoms with Gasteiger partial charge in [0.2, 0.25) is 0 Å². The molecular weight excluding hydrogens is 420 g/mol. The molecule has 0 aromatic heterocycles. The molecule has 1 aromatic rings. The Morgan fingerprint density at radius 2 is 1.91 bits per heavy atom. The van der Waals surface area contributed by atoms with Crippen LogP contribution in [-0.2, 0) is 14.3 Å². The average Bonchev–Trinajstić information content (AvgIpc) is 3.03. The van der Waals surface area contributed by atoms with Gasteiger partial charge >= 0.3 is 11.9 Å². The van der Waals surface area contributed by atoms with E-state index < -0.39 is 22.4 Å². The predicted molar refractivity (Wildman–Crippen MR) is 122 cm³/mol. The van der Waals surface area contributed by atoms with E-state index in [1.165, 1.54) is 7.11 Å². The quantitative estimate of drug-likeness (QED) is 0.299. The summed E-state index contributed by atoms with van der Waals surface area (Å²) in [5.41, 5.74) is -0.752. The number of rotatable bonds is 1. The van der Waals surface area contributed by atoms with E-state index >= 15 is 0 Å². The lowest BCUT2D eigenvalue weighted by molar-refractivity contribution is -0.143. The number of esters is 2. The number of benzene rings is 1. The minimum atomic E-state index is -1.27. The van der Waals surface area contributed by atoms with Crippen LogP contribution in [0.5, 0.6) is 5.75 Å². The first-order valence-corrected chi connectivity index (χ1v) is 11.6. The molecule has 1 aromatic carbocycles. The van der Waals surface area contributed by atoms with Crippen LogP contribution >= 0.6 is 0 Å². The molecule has 0 spiro atoms. The van der Waals surface area contributed by atoms with Crippen LogP contribution in [0.3, 0.4) is 0 Å². The second-order valence-corrected chi connectivity index (χ2v) is 11.0. The van der Waals surface area contributed by atoms with Crippen molar-refractivity contribution in [2.45, 2.75) is 71.3 Å². The van der Waals surface area contributed by atoms with Crippen LogP contribution in [0.4, 0.5) is 0 Å². The zero-order valence-electron chi connectivity index (χ0n) is 20.0. The van der Waals surface area contributed by atoms with Gasteiger partial charge in [-0.3, -0.25) is 9.59 Å². The summed E-state index contributed by atoms with van der Waals surface area (Å²) in [6.45, 7) is 7.42. The molecule has 5 atom stereocenters. The summed E-state index contributed by atoms with van der Waals surface area (Å²) in [6, 6.07) is 5.41. The summed E-state index contributed by atoms with van der Waals surface area (Å²) in [4.78, 5) is 37.0. The van der Waals surface area contributed by atoms with Gasteiger partial charge in [-0.15, -0.1) is 0 Å². The van der Waals surface area contributed by atoms with Crippen molar-refractivity contribution in [1.82, 2.24) is 0 Å². The third kappa shape index (κ3) is 3.87. The number of methoxy groups -OCH3 is 1. The molecule has 33 heavy (non-hydrogen) atoms. The van der Waals surface area contributed by atoms with Gasteiger partial charge in [-0.05, 0) is 81.9 Å². The summed E-state index contributed by atoms with van der Waals surface area (Å²) in [7, 11) is 1.27. The van der Waals surface area contributed by atoms with Crippen molar-refractivity contribution in [2.24, 2.45) is 22.7 Å². The molecule has 0 heterocycles. The van der Waals surface area contributed by atoms with E-state index in [1.807, 2.05) is 13.0 Å². The maximum Gasteiger partial charge on any atom is 0.384 e. The molecule has 0 amide bonds. The molecule has 0 unspecified atom stereocenters. The topological polar surface area (TPSA) is 89.9 Å². The molecule has 2 fully saturated rings. The van der Waals surface area contributed by atoms with Gasteiger partial charge in [-0.1, -0.05) is 18.9 Å². The van der Waals surface area contributed by atoms with Crippen molar-refractivity contribution in [1.29, 1.82) is 0 Å². The Balaban J connectivity index is 1.62. The van der Waals surface area contributed by atoms with Gasteiger partial charge in [0.05, 0.1) is 12.5 Å². The first-order chi connectivity index (χ1) is 15.4. The number of fused-ring (bicyclic) bond motifs is 5. The number of carbonyl (C=O) groups excluding carboxylic acids is 3. The highest BCUT2D eigenvalue weighted by atomic mass is 16.5. The van der Waals surface area contributed by atoms with Gasteiger partial charge in [0.1, 0.15) is 11.4 Å². The van der Waals surface area contributed by atoms with Gasteiger partial charge in [0, 0.05) is 23.3 Å². The monoisotopic (exact) mass is 452 g/mol. The fourth-order valence-corrected chi connectivity index (χ4v) is 6.13. The zero-order chi connectivity index (χ0) is 24.2. The van der Waals surface area contributed by atoms with E-state index in [2.05, 4.69) is 16.6 Å². The van der Waals surface area contributed by atoms with Gasteiger partial charge in [-0.25, -0.2) is 4.79 Å². The van der Waals surface area contributed by atoms with Crippen LogP contribution in [0.1, 0.15) is 81.6 Å². The van der Waals surface area contributed by atoms with E-state index in [4.69, 9.17) is 4.74 Å². The Bertz CT molecular complexity index is 1070. The highest BCUT2D eigenvalue weighted by Gasteiger charge is 2.61. The summed E-state index contributed by atoms with van der Waals surface area (Å²) in [5, 5.41) is 11.4. The summed E-state index contributed by atoms with van der Waals surface area (Å²) in [5.74, 6) is 5.13. The van der Waals surface area contributed by atoms with Gasteiger partial charge in [0.15, 0.2) is 5.78 Å². The minimum absolute atomic E-state index is 0.0419. The number of ketones is 1. The van der Waals surface area contributed by atoms with E-state index in [-0.39, 0.29) is 29.5 Å². The highest BCUT2D eigenvalue weighted by molar-refractivity contribution is 5.99. The van der Waals surface area contributed by atoms with Gasteiger partial charge in [0.25, 0.3) is 0 Å².